The molecule has 17 nitrogen and oxygen atoms in total. The van der Waals surface area contributed by atoms with Gasteiger partial charge in [-0.05, 0) is 149 Å². The van der Waals surface area contributed by atoms with E-state index in [0.717, 1.165) is 67.2 Å². The molecule has 1 saturated carbocycles. The quantitative estimate of drug-likeness (QED) is 0.0588. The van der Waals surface area contributed by atoms with E-state index >= 15 is 0 Å². The molecule has 7 N–H and O–H groups in total. The number of nitrogens with one attached hydrogen (secondary N) is 7. The third kappa shape index (κ3) is 13.8. The van der Waals surface area contributed by atoms with Crippen LogP contribution in [-0.2, 0) is 54.8 Å². The summed E-state index contributed by atoms with van der Waals surface area (Å²) in [7, 11) is 3.35. The molecule has 1 aliphatic heterocycles. The number of nitrogens with zero attached hydrogens (tertiary/aromatic N) is 2. The molecule has 7 amide bonds. The van der Waals surface area contributed by atoms with Gasteiger partial charge in [-0.1, -0.05) is 100.0 Å². The van der Waals surface area contributed by atoms with Gasteiger partial charge < -0.3 is 41.5 Å². The molecule has 78 heavy (non-hydrogen) atoms. The maximum Gasteiger partial charge on any atom is 0.255 e. The van der Waals surface area contributed by atoms with E-state index in [4.69, 9.17) is 4.74 Å². The number of aryl methyl sites for hydroxylation is 2. The minimum atomic E-state index is -0.941. The van der Waals surface area contributed by atoms with Gasteiger partial charge >= 0.3 is 0 Å². The molecule has 4 aliphatic rings. The van der Waals surface area contributed by atoms with Crippen LogP contribution in [-0.4, -0.2) is 102 Å². The number of rotatable bonds is 18. The summed E-state index contributed by atoms with van der Waals surface area (Å²) in [4.78, 5) is 98.9. The highest BCUT2D eigenvalue weighted by molar-refractivity contribution is 5.96. The van der Waals surface area contributed by atoms with E-state index < -0.39 is 53.4 Å². The zero-order valence-electron chi connectivity index (χ0n) is 46.3. The van der Waals surface area contributed by atoms with Crippen LogP contribution in [0.5, 0.6) is 5.75 Å². The number of hydrogen-bond acceptors (Lipinski definition) is 10. The Balaban J connectivity index is 0.886. The van der Waals surface area contributed by atoms with Crippen molar-refractivity contribution in [2.24, 2.45) is 17.3 Å². The van der Waals surface area contributed by atoms with Crippen molar-refractivity contribution >= 4 is 41.4 Å². The summed E-state index contributed by atoms with van der Waals surface area (Å²) in [6.45, 7) is 9.39. The molecule has 2 fully saturated rings. The lowest BCUT2D eigenvalue weighted by molar-refractivity contribution is -0.148. The molecule has 0 aromatic heterocycles. The summed E-state index contributed by atoms with van der Waals surface area (Å²) >= 11 is 0. The SMILES string of the molecule is CNC(C)C(=O)NC(C(=O)N1CC(NC(=O)c2ccc(COc3ccc(CN(NC(=O)C(C)NC)C(=O)C4CCCC4C(=O)NC4CCCc5ccccc54)cc3)cc2)CC1C(=O)NC1CCCc2ccccc21)C(C)(C)C. The van der Waals surface area contributed by atoms with Crippen LogP contribution in [0.1, 0.15) is 142 Å². The standard InChI is InChI=1S/C61H79N9O8/c1-37(62-6)54(71)67-53(61(3,4)5)60(77)69-35-44(33-52(69)58(75)66-51-24-13-18-42-16-9-11-20-47(42)51)64-56(73)43-29-25-40(26-30-43)36-78-45-31-27-39(28-32-45)34-70(68-55(72)38(2)63-7)59(76)49-22-14-21-48(49)57(74)65-50-23-12-17-41-15-8-10-19-46(41)50/h8-11,15-16,19-20,25-32,37-38,44,48-53,62-63H,12-14,17-18,21-24,33-36H2,1-7H3,(H,64,73)(H,65,74)(H,66,75)(H,67,71)(H,68,72). The van der Waals surface area contributed by atoms with E-state index in [1.54, 1.807) is 64.3 Å². The summed E-state index contributed by atoms with van der Waals surface area (Å²) in [6.07, 6.45) is 7.47. The van der Waals surface area contributed by atoms with Crippen molar-refractivity contribution in [2.75, 3.05) is 20.6 Å². The van der Waals surface area contributed by atoms with Gasteiger partial charge in [0.1, 0.15) is 24.4 Å². The molecule has 9 unspecified atom stereocenters. The van der Waals surface area contributed by atoms with E-state index in [2.05, 4.69) is 55.5 Å². The maximum absolute atomic E-state index is 14.6. The molecule has 3 aliphatic carbocycles. The summed E-state index contributed by atoms with van der Waals surface area (Å²) in [6, 6.07) is 26.7. The normalized spacial score (nSPS) is 21.9. The molecule has 1 heterocycles. The molecule has 8 rings (SSSR count). The van der Waals surface area contributed by atoms with Gasteiger partial charge in [-0.3, -0.25) is 39.0 Å². The molecule has 0 bridgehead atoms. The van der Waals surface area contributed by atoms with Gasteiger partial charge in [-0.2, -0.15) is 0 Å². The topological polar surface area (TPSA) is 219 Å². The predicted octanol–water partition coefficient (Wildman–Crippen LogP) is 5.88. The Morgan fingerprint density at radius 3 is 1.82 bits per heavy atom. The highest BCUT2D eigenvalue weighted by Crippen LogP contribution is 2.37. The molecule has 0 spiro atoms. The molecular weight excluding hydrogens is 987 g/mol. The average molecular weight is 1070 g/mol. The fourth-order valence-corrected chi connectivity index (χ4v) is 11.4. The van der Waals surface area contributed by atoms with Crippen LogP contribution in [0.15, 0.2) is 97.1 Å². The van der Waals surface area contributed by atoms with Gasteiger partial charge in [-0.15, -0.1) is 0 Å². The Labute approximate surface area is 459 Å². The monoisotopic (exact) mass is 1070 g/mol. The Kier molecular flexibility index (Phi) is 18.7. The third-order valence-corrected chi connectivity index (χ3v) is 16.2. The van der Waals surface area contributed by atoms with Crippen molar-refractivity contribution in [2.45, 2.75) is 154 Å². The summed E-state index contributed by atoms with van der Waals surface area (Å²) < 4.78 is 6.14. The molecule has 9 atom stereocenters. The van der Waals surface area contributed by atoms with Gasteiger partial charge in [0, 0.05) is 24.1 Å². The van der Waals surface area contributed by atoms with Crippen LogP contribution in [0.25, 0.3) is 0 Å². The van der Waals surface area contributed by atoms with E-state index in [1.165, 1.54) is 21.0 Å². The van der Waals surface area contributed by atoms with Crippen molar-refractivity contribution in [1.29, 1.82) is 0 Å². The Morgan fingerprint density at radius 1 is 0.654 bits per heavy atom. The second-order valence-electron chi connectivity index (χ2n) is 22.7. The number of likely N-dealkylation sites (N-methyl/N-ethyl adjacent to an activating group) is 2. The number of amides is 7. The molecule has 0 radical (unpaired) electrons. The lowest BCUT2D eigenvalue weighted by Gasteiger charge is -2.36. The lowest BCUT2D eigenvalue weighted by Crippen LogP contribution is -2.59. The second kappa shape index (κ2) is 25.6. The van der Waals surface area contributed by atoms with E-state index in [0.29, 0.717) is 24.2 Å². The highest BCUT2D eigenvalue weighted by Gasteiger charge is 2.46. The van der Waals surface area contributed by atoms with Crippen LogP contribution in [0.3, 0.4) is 0 Å². The first-order valence-electron chi connectivity index (χ1n) is 27.9. The predicted molar refractivity (Wildman–Crippen MR) is 297 cm³/mol. The Hall–Kier alpha value is -7.11. The van der Waals surface area contributed by atoms with Crippen LogP contribution in [0.4, 0.5) is 0 Å². The fourth-order valence-electron chi connectivity index (χ4n) is 11.4. The molecular formula is C61H79N9O8. The number of likely N-dealkylation sites (tertiary alicyclic amines) is 1. The number of benzene rings is 4. The van der Waals surface area contributed by atoms with E-state index in [-0.39, 0.29) is 73.6 Å². The molecule has 416 valence electrons. The van der Waals surface area contributed by atoms with Gasteiger partial charge in [0.05, 0.1) is 36.6 Å². The molecule has 4 aromatic rings. The number of hydrazine groups is 1. The minimum Gasteiger partial charge on any atom is -0.489 e. The second-order valence-corrected chi connectivity index (χ2v) is 22.7. The number of ether oxygens (including phenoxy) is 1. The first-order valence-corrected chi connectivity index (χ1v) is 27.9. The lowest BCUT2D eigenvalue weighted by atomic mass is 9.85. The van der Waals surface area contributed by atoms with Gasteiger partial charge in [0.25, 0.3) is 11.8 Å². The largest absolute Gasteiger partial charge is 0.489 e. The van der Waals surface area contributed by atoms with Crippen molar-refractivity contribution in [3.05, 3.63) is 136 Å². The molecule has 17 heteroatoms. The van der Waals surface area contributed by atoms with Gasteiger partial charge in [0.15, 0.2) is 0 Å². The van der Waals surface area contributed by atoms with Crippen LogP contribution in [0, 0.1) is 17.3 Å². The maximum atomic E-state index is 14.6. The summed E-state index contributed by atoms with van der Waals surface area (Å²) in [5, 5.41) is 19.7. The van der Waals surface area contributed by atoms with Crippen LogP contribution in [0.2, 0.25) is 0 Å². The van der Waals surface area contributed by atoms with E-state index in [9.17, 15) is 33.6 Å². The van der Waals surface area contributed by atoms with E-state index in [1.807, 2.05) is 63.2 Å². The summed E-state index contributed by atoms with van der Waals surface area (Å²) in [5.41, 5.74) is 8.72. The smallest absolute Gasteiger partial charge is 0.255 e. The number of carbonyl (C=O) groups is 7. The Bertz CT molecular complexity index is 2800. The number of carbonyl (C=O) groups excluding carboxylic acids is 7. The first-order chi connectivity index (χ1) is 37.4. The summed E-state index contributed by atoms with van der Waals surface area (Å²) in [5.74, 6) is -2.72. The number of fused-ring (bicyclic) bond motifs is 2. The number of hydrogen-bond donors (Lipinski definition) is 7. The average Bonchev–Trinajstić information content (AvgIpc) is 4.12. The zero-order valence-corrected chi connectivity index (χ0v) is 46.3. The van der Waals surface area contributed by atoms with Crippen molar-refractivity contribution in [3.63, 3.8) is 0 Å². The zero-order chi connectivity index (χ0) is 55.7. The first kappa shape index (κ1) is 57.1. The van der Waals surface area contributed by atoms with Crippen LogP contribution < -0.4 is 42.1 Å². The van der Waals surface area contributed by atoms with Gasteiger partial charge in [0.2, 0.25) is 29.5 Å². The highest BCUT2D eigenvalue weighted by atomic mass is 16.5. The Morgan fingerprint density at radius 2 is 1.22 bits per heavy atom. The van der Waals surface area contributed by atoms with Crippen LogP contribution >= 0.6 is 0 Å². The van der Waals surface area contributed by atoms with Crippen molar-refractivity contribution in [3.8, 4) is 5.75 Å². The minimum absolute atomic E-state index is 0.0768. The third-order valence-electron chi connectivity index (χ3n) is 16.2. The van der Waals surface area contributed by atoms with Crippen molar-refractivity contribution < 1.29 is 38.3 Å². The van der Waals surface area contributed by atoms with Crippen molar-refractivity contribution in [1.82, 2.24) is 47.2 Å². The molecule has 1 saturated heterocycles. The molecule has 4 aromatic carbocycles. The van der Waals surface area contributed by atoms with Gasteiger partial charge in [-0.25, -0.2) is 5.01 Å². The fraction of sp³-hybridized carbons (Fsp3) is 0.492.